The summed E-state index contributed by atoms with van der Waals surface area (Å²) in [6, 6.07) is 5.44. The van der Waals surface area contributed by atoms with Crippen LogP contribution in [0.1, 0.15) is 25.0 Å². The maximum atomic E-state index is 9.70. The fourth-order valence-electron chi connectivity index (χ4n) is 1.40. The van der Waals surface area contributed by atoms with Crippen LogP contribution in [-0.4, -0.2) is 18.8 Å². The maximum Gasteiger partial charge on any atom is 0.161 e. The second-order valence-corrected chi connectivity index (χ2v) is 3.43. The molecule has 0 fully saturated rings. The molecule has 0 saturated carbocycles. The summed E-state index contributed by atoms with van der Waals surface area (Å²) in [4.78, 5) is 0. The van der Waals surface area contributed by atoms with Crippen molar-refractivity contribution in [3.63, 3.8) is 0 Å². The molecule has 1 aromatic carbocycles. The highest BCUT2D eigenvalue weighted by molar-refractivity contribution is 5.43. The molecule has 0 aliphatic carbocycles. The molecule has 0 aliphatic rings. The first-order valence-electron chi connectivity index (χ1n) is 5.32. The molecular weight excluding hydrogens is 204 g/mol. The van der Waals surface area contributed by atoms with Crippen LogP contribution in [0.5, 0.6) is 11.5 Å². The van der Waals surface area contributed by atoms with Gasteiger partial charge in [-0.15, -0.1) is 0 Å². The van der Waals surface area contributed by atoms with Gasteiger partial charge in [0.15, 0.2) is 11.5 Å². The molecule has 0 amide bonds. The van der Waals surface area contributed by atoms with Crippen LogP contribution >= 0.6 is 0 Å². The van der Waals surface area contributed by atoms with Crippen LogP contribution in [0.2, 0.25) is 0 Å². The number of aliphatic hydroxyl groups excluding tert-OH is 1. The average Bonchev–Trinajstić information content (AvgIpc) is 2.35. The minimum Gasteiger partial charge on any atom is -0.493 e. The first kappa shape index (κ1) is 12.6. The van der Waals surface area contributed by atoms with Gasteiger partial charge in [-0.2, -0.15) is 0 Å². The van der Waals surface area contributed by atoms with Crippen LogP contribution in [0.25, 0.3) is 0 Å². The lowest BCUT2D eigenvalue weighted by Crippen LogP contribution is -1.99. The van der Waals surface area contributed by atoms with Gasteiger partial charge in [0.1, 0.15) is 6.61 Å². The largest absolute Gasteiger partial charge is 0.493 e. The molecule has 0 heterocycles. The van der Waals surface area contributed by atoms with Crippen LogP contribution in [0.3, 0.4) is 0 Å². The third kappa shape index (κ3) is 3.00. The van der Waals surface area contributed by atoms with Crippen LogP contribution in [0.4, 0.5) is 0 Å². The predicted octanol–water partition coefficient (Wildman–Crippen LogP) is 2.70. The van der Waals surface area contributed by atoms with Crippen molar-refractivity contribution in [3.05, 3.63) is 36.4 Å². The highest BCUT2D eigenvalue weighted by atomic mass is 16.5. The van der Waals surface area contributed by atoms with Gasteiger partial charge in [0, 0.05) is 0 Å². The first-order chi connectivity index (χ1) is 7.72. The SMILES string of the molecule is C=CCOc1ccc(C(O)CC)cc1OC. The summed E-state index contributed by atoms with van der Waals surface area (Å²) >= 11 is 0. The van der Waals surface area contributed by atoms with E-state index in [9.17, 15) is 5.11 Å². The van der Waals surface area contributed by atoms with Crippen molar-refractivity contribution in [1.29, 1.82) is 0 Å². The molecular formula is C13H18O3. The zero-order valence-electron chi connectivity index (χ0n) is 9.77. The lowest BCUT2D eigenvalue weighted by molar-refractivity contribution is 0.173. The lowest BCUT2D eigenvalue weighted by Gasteiger charge is -2.13. The number of methoxy groups -OCH3 is 1. The third-order valence-electron chi connectivity index (χ3n) is 2.32. The van der Waals surface area contributed by atoms with Gasteiger partial charge in [0.05, 0.1) is 13.2 Å². The normalized spacial score (nSPS) is 11.9. The summed E-state index contributed by atoms with van der Waals surface area (Å²) in [5, 5.41) is 9.70. The lowest BCUT2D eigenvalue weighted by atomic mass is 10.1. The maximum absolute atomic E-state index is 9.70. The van der Waals surface area contributed by atoms with Crippen LogP contribution in [-0.2, 0) is 0 Å². The van der Waals surface area contributed by atoms with Crippen molar-refractivity contribution in [2.75, 3.05) is 13.7 Å². The van der Waals surface area contributed by atoms with E-state index in [0.29, 0.717) is 24.5 Å². The fraction of sp³-hybridized carbons (Fsp3) is 0.385. The van der Waals surface area contributed by atoms with Gasteiger partial charge in [0.2, 0.25) is 0 Å². The molecule has 0 aliphatic heterocycles. The Kier molecular flexibility index (Phi) is 4.86. The van der Waals surface area contributed by atoms with Gasteiger partial charge < -0.3 is 14.6 Å². The third-order valence-corrected chi connectivity index (χ3v) is 2.32. The van der Waals surface area contributed by atoms with E-state index in [-0.39, 0.29) is 0 Å². The van der Waals surface area contributed by atoms with E-state index in [0.717, 1.165) is 5.56 Å². The zero-order chi connectivity index (χ0) is 12.0. The van der Waals surface area contributed by atoms with E-state index in [1.54, 1.807) is 25.3 Å². The van der Waals surface area contributed by atoms with E-state index in [1.165, 1.54) is 0 Å². The Balaban J connectivity index is 2.92. The van der Waals surface area contributed by atoms with Crippen LogP contribution in [0, 0.1) is 0 Å². The molecule has 88 valence electrons. The number of rotatable bonds is 6. The highest BCUT2D eigenvalue weighted by Crippen LogP contribution is 2.31. The Morgan fingerprint density at radius 1 is 1.44 bits per heavy atom. The Bertz CT molecular complexity index is 347. The minimum absolute atomic E-state index is 0.437. The summed E-state index contributed by atoms with van der Waals surface area (Å²) in [7, 11) is 1.58. The average molecular weight is 222 g/mol. The van der Waals surface area contributed by atoms with E-state index < -0.39 is 6.10 Å². The summed E-state index contributed by atoms with van der Waals surface area (Å²) in [5.41, 5.74) is 0.838. The fourth-order valence-corrected chi connectivity index (χ4v) is 1.40. The highest BCUT2D eigenvalue weighted by Gasteiger charge is 2.10. The molecule has 0 saturated heterocycles. The van der Waals surface area contributed by atoms with Gasteiger partial charge in [-0.1, -0.05) is 25.6 Å². The van der Waals surface area contributed by atoms with Crippen LogP contribution in [0.15, 0.2) is 30.9 Å². The number of hydrogen-bond acceptors (Lipinski definition) is 3. The Morgan fingerprint density at radius 2 is 2.19 bits per heavy atom. The predicted molar refractivity (Wildman–Crippen MR) is 63.9 cm³/mol. The van der Waals surface area contributed by atoms with Gasteiger partial charge in [-0.25, -0.2) is 0 Å². The summed E-state index contributed by atoms with van der Waals surface area (Å²) in [6.45, 7) is 5.95. The molecule has 3 nitrogen and oxygen atoms in total. The number of benzene rings is 1. The molecule has 1 N–H and O–H groups in total. The topological polar surface area (TPSA) is 38.7 Å². The monoisotopic (exact) mass is 222 g/mol. The summed E-state index contributed by atoms with van der Waals surface area (Å²) < 4.78 is 10.6. The van der Waals surface area contributed by atoms with Crippen molar-refractivity contribution >= 4 is 0 Å². The smallest absolute Gasteiger partial charge is 0.161 e. The molecule has 0 bridgehead atoms. The van der Waals surface area contributed by atoms with Crippen LogP contribution < -0.4 is 9.47 Å². The van der Waals surface area contributed by atoms with Gasteiger partial charge in [0.25, 0.3) is 0 Å². The Labute approximate surface area is 96.3 Å². The van der Waals surface area contributed by atoms with Gasteiger partial charge in [-0.05, 0) is 24.1 Å². The molecule has 0 aromatic heterocycles. The molecule has 1 aromatic rings. The quantitative estimate of drug-likeness (QED) is 0.752. The Morgan fingerprint density at radius 3 is 2.75 bits per heavy atom. The summed E-state index contributed by atoms with van der Waals surface area (Å²) in [5.74, 6) is 1.29. The molecule has 1 rings (SSSR count). The molecule has 16 heavy (non-hydrogen) atoms. The van der Waals surface area contributed by atoms with E-state index >= 15 is 0 Å². The van der Waals surface area contributed by atoms with E-state index in [2.05, 4.69) is 6.58 Å². The first-order valence-corrected chi connectivity index (χ1v) is 5.32. The molecule has 0 radical (unpaired) electrons. The molecule has 3 heteroatoms. The number of hydrogen-bond donors (Lipinski definition) is 1. The van der Waals surface area contributed by atoms with E-state index in [1.807, 2.05) is 13.0 Å². The number of aliphatic hydroxyl groups is 1. The van der Waals surface area contributed by atoms with Crippen molar-refractivity contribution < 1.29 is 14.6 Å². The van der Waals surface area contributed by atoms with Crippen molar-refractivity contribution in [3.8, 4) is 11.5 Å². The molecule has 0 spiro atoms. The molecule has 1 unspecified atom stereocenters. The Hall–Kier alpha value is -1.48. The van der Waals surface area contributed by atoms with Gasteiger partial charge in [-0.3, -0.25) is 0 Å². The summed E-state index contributed by atoms with van der Waals surface area (Å²) in [6.07, 6.45) is 1.90. The second-order valence-electron chi connectivity index (χ2n) is 3.43. The number of ether oxygens (including phenoxy) is 2. The van der Waals surface area contributed by atoms with Gasteiger partial charge >= 0.3 is 0 Å². The standard InChI is InChI=1S/C13H18O3/c1-4-8-16-12-7-6-10(11(14)5-2)9-13(12)15-3/h4,6-7,9,11,14H,1,5,8H2,2-3H3. The second kappa shape index (κ2) is 6.18. The van der Waals surface area contributed by atoms with Crippen molar-refractivity contribution in [2.24, 2.45) is 0 Å². The van der Waals surface area contributed by atoms with Crippen molar-refractivity contribution in [1.82, 2.24) is 0 Å². The molecule has 1 atom stereocenters. The van der Waals surface area contributed by atoms with Crippen molar-refractivity contribution in [2.45, 2.75) is 19.4 Å². The minimum atomic E-state index is -0.456. The van der Waals surface area contributed by atoms with E-state index in [4.69, 9.17) is 9.47 Å². The zero-order valence-corrected chi connectivity index (χ0v) is 9.77.